The number of aliphatic carboxylic acids is 1. The lowest BCUT2D eigenvalue weighted by atomic mass is 10.2. The Morgan fingerprint density at radius 3 is 1.59 bits per heavy atom. The van der Waals surface area contributed by atoms with Gasteiger partial charge in [0.2, 0.25) is 0 Å². The van der Waals surface area contributed by atoms with Crippen LogP contribution in [0.3, 0.4) is 0 Å². The van der Waals surface area contributed by atoms with Crippen molar-refractivity contribution in [3.8, 4) is 0 Å². The lowest BCUT2D eigenvalue weighted by molar-refractivity contribution is -0.161. The van der Waals surface area contributed by atoms with Crippen molar-refractivity contribution in [2.24, 2.45) is 5.73 Å². The maximum Gasteiger partial charge on any atom is 0.472 e. The number of ether oxygens (including phenoxy) is 2. The van der Waals surface area contributed by atoms with Crippen LogP contribution in [0.25, 0.3) is 0 Å². The first kappa shape index (κ1) is 54.8. The summed E-state index contributed by atoms with van der Waals surface area (Å²) in [6, 6.07) is -1.55. The van der Waals surface area contributed by atoms with Gasteiger partial charge in [-0.25, -0.2) is 4.57 Å². The third-order valence-corrected chi connectivity index (χ3v) is 8.74. The molecule has 59 heavy (non-hydrogen) atoms. The van der Waals surface area contributed by atoms with Gasteiger partial charge in [-0.3, -0.25) is 23.4 Å². The molecule has 0 aliphatic carbocycles. The van der Waals surface area contributed by atoms with E-state index in [1.54, 1.807) is 6.08 Å². The number of allylic oxidation sites excluding steroid dienone is 18. The van der Waals surface area contributed by atoms with E-state index < -0.39 is 63.8 Å². The minimum atomic E-state index is -4.77. The number of nitrogens with two attached hydrogens (primary N) is 1. The van der Waals surface area contributed by atoms with Crippen LogP contribution in [0, 0.1) is 0 Å². The summed E-state index contributed by atoms with van der Waals surface area (Å²) in [6.45, 7) is 2.34. The smallest absolute Gasteiger partial charge is 0.472 e. The lowest BCUT2D eigenvalue weighted by Crippen LogP contribution is -2.34. The highest BCUT2D eigenvalue weighted by molar-refractivity contribution is 7.47. The molecule has 0 aromatic heterocycles. The Labute approximate surface area is 352 Å². The van der Waals surface area contributed by atoms with Gasteiger partial charge in [-0.1, -0.05) is 135 Å². The van der Waals surface area contributed by atoms with E-state index in [4.69, 9.17) is 24.8 Å². The molecule has 0 aliphatic rings. The van der Waals surface area contributed by atoms with Crippen molar-refractivity contribution < 1.29 is 52.6 Å². The molecular weight excluding hydrogens is 773 g/mol. The first-order valence-corrected chi connectivity index (χ1v) is 22.2. The first-order valence-electron chi connectivity index (χ1n) is 20.7. The highest BCUT2D eigenvalue weighted by Gasteiger charge is 2.28. The molecule has 13 heteroatoms. The number of carbonyl (C=O) groups excluding carboxylic acids is 2. The van der Waals surface area contributed by atoms with Crippen molar-refractivity contribution in [2.75, 3.05) is 19.8 Å². The third-order valence-electron chi connectivity index (χ3n) is 7.79. The van der Waals surface area contributed by atoms with Gasteiger partial charge in [-0.2, -0.15) is 0 Å². The van der Waals surface area contributed by atoms with Gasteiger partial charge in [0.05, 0.1) is 19.3 Å². The number of hydrogen-bond acceptors (Lipinski definition) is 10. The lowest BCUT2D eigenvalue weighted by Gasteiger charge is -2.20. The maximum atomic E-state index is 12.6. The van der Waals surface area contributed by atoms with E-state index >= 15 is 0 Å². The molecule has 0 aromatic rings. The average Bonchev–Trinajstić information content (AvgIpc) is 3.21. The largest absolute Gasteiger partial charge is 0.480 e. The molecule has 0 heterocycles. The number of phosphoric acid groups is 1. The van der Waals surface area contributed by atoms with Crippen molar-refractivity contribution in [2.45, 2.75) is 128 Å². The third kappa shape index (κ3) is 39.1. The predicted octanol–water partition coefficient (Wildman–Crippen LogP) is 9.80. The second-order valence-corrected chi connectivity index (χ2v) is 14.7. The van der Waals surface area contributed by atoms with E-state index in [0.717, 1.165) is 44.9 Å². The van der Waals surface area contributed by atoms with Gasteiger partial charge >= 0.3 is 25.7 Å². The predicted molar refractivity (Wildman–Crippen MR) is 236 cm³/mol. The first-order chi connectivity index (χ1) is 28.5. The molecule has 5 N–H and O–H groups in total. The van der Waals surface area contributed by atoms with Crippen LogP contribution < -0.4 is 5.73 Å². The van der Waals surface area contributed by atoms with Crippen LogP contribution >= 0.6 is 7.82 Å². The molecule has 0 aromatic carbocycles. The molecule has 0 fully saturated rings. The Balaban J connectivity index is 4.68. The fraction of sp³-hybridized carbons (Fsp3) is 0.500. The van der Waals surface area contributed by atoms with Gasteiger partial charge in [0.25, 0.3) is 0 Å². The minimum Gasteiger partial charge on any atom is -0.480 e. The van der Waals surface area contributed by atoms with E-state index in [2.05, 4.69) is 79.1 Å². The Morgan fingerprint density at radius 1 is 0.610 bits per heavy atom. The Kier molecular flexibility index (Phi) is 36.5. The summed E-state index contributed by atoms with van der Waals surface area (Å²) in [6.07, 6.45) is 48.8. The summed E-state index contributed by atoms with van der Waals surface area (Å²) in [4.78, 5) is 45.9. The van der Waals surface area contributed by atoms with E-state index in [1.165, 1.54) is 0 Å². The van der Waals surface area contributed by atoms with Gasteiger partial charge in [0.15, 0.2) is 6.10 Å². The highest BCUT2D eigenvalue weighted by atomic mass is 31.2. The summed E-state index contributed by atoms with van der Waals surface area (Å²) in [5.41, 5.74) is 5.31. The highest BCUT2D eigenvalue weighted by Crippen LogP contribution is 2.43. The fourth-order valence-corrected chi connectivity index (χ4v) is 5.35. The van der Waals surface area contributed by atoms with Gasteiger partial charge in [-0.15, -0.1) is 0 Å². The molecular formula is C46H70NO11P. The Bertz CT molecular complexity index is 1470. The van der Waals surface area contributed by atoms with Crippen LogP contribution in [-0.4, -0.2) is 71.1 Å². The zero-order valence-corrected chi connectivity index (χ0v) is 36.0. The number of unbranched alkanes of at least 4 members (excludes halogenated alkanes) is 2. The number of carboxylic acid groups (broad SMARTS) is 1. The molecule has 2 unspecified atom stereocenters. The molecule has 0 aliphatic heterocycles. The maximum absolute atomic E-state index is 12.6. The number of phosphoric ester groups is 1. The van der Waals surface area contributed by atoms with Crippen LogP contribution in [-0.2, 0) is 37.5 Å². The van der Waals surface area contributed by atoms with Crippen LogP contribution in [0.5, 0.6) is 0 Å². The molecule has 0 saturated carbocycles. The second kappa shape index (κ2) is 39.3. The number of rotatable bonds is 36. The quantitative estimate of drug-likeness (QED) is 0.0154. The molecule has 330 valence electrons. The number of aliphatic hydroxyl groups excluding tert-OH is 1. The minimum absolute atomic E-state index is 0.0499. The van der Waals surface area contributed by atoms with Gasteiger partial charge in [0.1, 0.15) is 12.6 Å². The monoisotopic (exact) mass is 843 g/mol. The molecule has 0 amide bonds. The van der Waals surface area contributed by atoms with Gasteiger partial charge in [-0.05, 0) is 83.5 Å². The molecule has 0 bridgehead atoms. The molecule has 0 saturated heterocycles. The zero-order valence-electron chi connectivity index (χ0n) is 35.1. The van der Waals surface area contributed by atoms with Crippen molar-refractivity contribution >= 4 is 25.7 Å². The Hall–Kier alpha value is -4.16. The van der Waals surface area contributed by atoms with Crippen LogP contribution in [0.4, 0.5) is 0 Å². The van der Waals surface area contributed by atoms with Gasteiger partial charge in [0, 0.05) is 12.8 Å². The second-order valence-electron chi connectivity index (χ2n) is 13.2. The van der Waals surface area contributed by atoms with E-state index in [9.17, 15) is 28.9 Å². The van der Waals surface area contributed by atoms with Gasteiger partial charge < -0.3 is 30.3 Å². The van der Waals surface area contributed by atoms with Crippen molar-refractivity contribution in [1.29, 1.82) is 0 Å². The number of aliphatic hydroxyl groups is 1. The molecule has 0 rings (SSSR count). The molecule has 4 atom stereocenters. The Morgan fingerprint density at radius 2 is 1.07 bits per heavy atom. The van der Waals surface area contributed by atoms with E-state index in [0.29, 0.717) is 38.5 Å². The number of carboxylic acids is 1. The zero-order chi connectivity index (χ0) is 43.7. The van der Waals surface area contributed by atoms with E-state index in [-0.39, 0.29) is 12.8 Å². The normalized spacial score (nSPS) is 15.5. The summed E-state index contributed by atoms with van der Waals surface area (Å²) >= 11 is 0. The molecule has 0 spiro atoms. The summed E-state index contributed by atoms with van der Waals surface area (Å²) < 4.78 is 32.5. The standard InChI is InChI=1S/C46H70NO11P/c1-3-5-7-9-11-12-13-14-15-16-17-18-19-20-25-29-33-37-45(50)58-42(39-56-59(53,54)57-40-43(47)46(51)52)38-55-44(49)36-32-28-24-22-21-23-27-31-35-41(48)34-30-26-10-8-6-4-2/h5-8,11-12,14-15,17-18,20,22-27,30-31,35,41-43,48H,3-4,9-10,13,16,19,21,28-29,32-34,36-40,47H2,1-2H3,(H,51,52)(H,53,54)/b7-5-,8-6-,12-11-,15-14-,18-17-,24-22-,25-20-,27-23-,30-26-,35-31+/t41?,42-,43+/m1/s1. The summed E-state index contributed by atoms with van der Waals surface area (Å²) in [5, 5.41) is 18.9. The number of carbonyl (C=O) groups is 3. The topological polar surface area (TPSA) is 192 Å². The van der Waals surface area contributed by atoms with Crippen LogP contribution in [0.2, 0.25) is 0 Å². The van der Waals surface area contributed by atoms with Crippen LogP contribution in [0.1, 0.15) is 110 Å². The molecule has 12 nitrogen and oxygen atoms in total. The van der Waals surface area contributed by atoms with Crippen molar-refractivity contribution in [1.82, 2.24) is 0 Å². The number of esters is 2. The van der Waals surface area contributed by atoms with Crippen molar-refractivity contribution in [3.05, 3.63) is 122 Å². The average molecular weight is 844 g/mol. The summed E-state index contributed by atoms with van der Waals surface area (Å²) in [7, 11) is -4.77. The number of hydrogen-bond donors (Lipinski definition) is 4. The summed E-state index contributed by atoms with van der Waals surface area (Å²) in [5.74, 6) is -2.60. The van der Waals surface area contributed by atoms with E-state index in [1.807, 2.05) is 54.7 Å². The SMILES string of the molecule is CC/C=C\C/C=C\C/C=C\C/C=C\C/C=C\CCCC(=O)O[C@H](COC(=O)CCC/C=C\C/C=C\C=C\C(O)C/C=C\C/C=C\CC)COP(=O)(O)OC[C@H](N)C(=O)O. The van der Waals surface area contributed by atoms with Crippen LogP contribution in [0.15, 0.2) is 122 Å². The molecule has 0 radical (unpaired) electrons. The fourth-order valence-electron chi connectivity index (χ4n) is 4.57. The van der Waals surface area contributed by atoms with Crippen molar-refractivity contribution in [3.63, 3.8) is 0 Å².